The van der Waals surface area contributed by atoms with Crippen molar-refractivity contribution >= 4 is 23.3 Å². The van der Waals surface area contributed by atoms with Crippen LogP contribution in [0.3, 0.4) is 0 Å². The van der Waals surface area contributed by atoms with Gasteiger partial charge >= 0.3 is 5.97 Å². The molecule has 4 rings (SSSR count). The van der Waals surface area contributed by atoms with Crippen molar-refractivity contribution in [2.75, 3.05) is 30.0 Å². The van der Waals surface area contributed by atoms with Gasteiger partial charge in [0.15, 0.2) is 12.3 Å². The molecule has 0 amide bonds. The van der Waals surface area contributed by atoms with Crippen LogP contribution in [0.4, 0.5) is 11.6 Å². The molecule has 0 unspecified atom stereocenters. The lowest BCUT2D eigenvalue weighted by Gasteiger charge is -2.36. The van der Waals surface area contributed by atoms with Crippen molar-refractivity contribution in [1.82, 2.24) is 19.6 Å². The lowest BCUT2D eigenvalue weighted by Crippen LogP contribution is -2.40. The highest BCUT2D eigenvalue weighted by atomic mass is 16.5. The molecule has 3 aromatic rings. The minimum absolute atomic E-state index is 0.167. The summed E-state index contributed by atoms with van der Waals surface area (Å²) in [7, 11) is 0. The molecule has 3 N–H and O–H groups in total. The summed E-state index contributed by atoms with van der Waals surface area (Å²) in [5, 5.41) is 26.2. The van der Waals surface area contributed by atoms with Crippen LogP contribution in [0.1, 0.15) is 43.7 Å². The summed E-state index contributed by atoms with van der Waals surface area (Å²) in [4.78, 5) is 22.1. The first-order chi connectivity index (χ1) is 16.1. The van der Waals surface area contributed by atoms with E-state index in [2.05, 4.69) is 27.2 Å². The highest BCUT2D eigenvalue weighted by Crippen LogP contribution is 2.29. The van der Waals surface area contributed by atoms with Crippen LogP contribution in [0.15, 0.2) is 30.6 Å². The number of aliphatic carboxylic acids is 1. The lowest BCUT2D eigenvalue weighted by molar-refractivity contribution is -0.139. The molecule has 1 fully saturated rings. The standard InChI is InChI=1S/C23H30N6O4/c1-2-17-14-26-29-19(24-12-16-6-7-21(25-13-16)33-15-22(31)32)11-20(27-23(17)29)28-9-4-3-5-18(28)8-10-30/h6-7,11,13-14,18,24,30H,2-5,8-10,12,15H2,1H3,(H,31,32)/t18-/m0/s1. The van der Waals surface area contributed by atoms with E-state index in [0.29, 0.717) is 6.54 Å². The Morgan fingerprint density at radius 3 is 2.91 bits per heavy atom. The number of carboxylic acid groups (broad SMARTS) is 1. The van der Waals surface area contributed by atoms with Gasteiger partial charge in [-0.3, -0.25) is 0 Å². The van der Waals surface area contributed by atoms with Gasteiger partial charge in [-0.05, 0) is 37.7 Å². The molecule has 10 heteroatoms. The van der Waals surface area contributed by atoms with E-state index >= 15 is 0 Å². The first-order valence-corrected chi connectivity index (χ1v) is 11.4. The van der Waals surface area contributed by atoms with E-state index < -0.39 is 12.6 Å². The SMILES string of the molecule is CCc1cnn2c(NCc3ccc(OCC(=O)O)nc3)cc(N3CCCC[C@H]3CCO)nc12. The van der Waals surface area contributed by atoms with Gasteiger partial charge in [-0.25, -0.2) is 14.8 Å². The summed E-state index contributed by atoms with van der Waals surface area (Å²) in [6, 6.07) is 5.80. The number of ether oxygens (including phenoxy) is 1. The maximum atomic E-state index is 10.6. The average molecular weight is 455 g/mol. The van der Waals surface area contributed by atoms with Crippen LogP contribution in [-0.4, -0.2) is 61.6 Å². The number of aromatic nitrogens is 4. The predicted octanol–water partition coefficient (Wildman–Crippen LogP) is 2.50. The van der Waals surface area contributed by atoms with Crippen molar-refractivity contribution in [1.29, 1.82) is 0 Å². The quantitative estimate of drug-likeness (QED) is 0.424. The third-order valence-corrected chi connectivity index (χ3v) is 5.91. The molecule has 0 aliphatic carbocycles. The van der Waals surface area contributed by atoms with E-state index in [9.17, 15) is 9.90 Å². The number of carbonyl (C=O) groups is 1. The van der Waals surface area contributed by atoms with E-state index in [1.165, 1.54) is 6.42 Å². The summed E-state index contributed by atoms with van der Waals surface area (Å²) in [6.45, 7) is 3.26. The molecule has 1 atom stereocenters. The highest BCUT2D eigenvalue weighted by molar-refractivity contribution is 5.68. The molecule has 10 nitrogen and oxygen atoms in total. The third kappa shape index (κ3) is 5.33. The summed E-state index contributed by atoms with van der Waals surface area (Å²) >= 11 is 0. The van der Waals surface area contributed by atoms with Crippen molar-refractivity contribution < 1.29 is 19.7 Å². The second-order valence-corrected chi connectivity index (χ2v) is 8.15. The molecule has 1 aliphatic heterocycles. The number of carboxylic acids is 1. The smallest absolute Gasteiger partial charge is 0.341 e. The van der Waals surface area contributed by atoms with E-state index in [-0.39, 0.29) is 18.5 Å². The minimum Gasteiger partial charge on any atom is -0.479 e. The highest BCUT2D eigenvalue weighted by Gasteiger charge is 2.24. The number of anilines is 2. The van der Waals surface area contributed by atoms with Crippen LogP contribution in [-0.2, 0) is 17.8 Å². The van der Waals surface area contributed by atoms with Gasteiger partial charge in [0.05, 0.1) is 6.20 Å². The van der Waals surface area contributed by atoms with Crippen molar-refractivity contribution in [2.24, 2.45) is 0 Å². The third-order valence-electron chi connectivity index (χ3n) is 5.91. The van der Waals surface area contributed by atoms with Crippen LogP contribution < -0.4 is 15.0 Å². The Morgan fingerprint density at radius 2 is 2.18 bits per heavy atom. The molecule has 1 aliphatic rings. The molecule has 0 saturated carbocycles. The normalized spacial score (nSPS) is 16.2. The van der Waals surface area contributed by atoms with Crippen molar-refractivity contribution in [3.8, 4) is 5.88 Å². The maximum Gasteiger partial charge on any atom is 0.341 e. The predicted molar refractivity (Wildman–Crippen MR) is 124 cm³/mol. The fraction of sp³-hybridized carbons (Fsp3) is 0.478. The topological polar surface area (TPSA) is 125 Å². The fourth-order valence-electron chi connectivity index (χ4n) is 4.20. The largest absolute Gasteiger partial charge is 0.479 e. The maximum absolute atomic E-state index is 10.6. The van der Waals surface area contributed by atoms with Gasteiger partial charge in [0.2, 0.25) is 5.88 Å². The number of hydrogen-bond donors (Lipinski definition) is 3. The van der Waals surface area contributed by atoms with Gasteiger partial charge in [0, 0.05) is 49.6 Å². The first-order valence-electron chi connectivity index (χ1n) is 11.4. The van der Waals surface area contributed by atoms with Gasteiger partial charge in [-0.1, -0.05) is 13.0 Å². The van der Waals surface area contributed by atoms with Crippen LogP contribution in [0, 0.1) is 0 Å². The summed E-state index contributed by atoms with van der Waals surface area (Å²) < 4.78 is 6.92. The molecule has 33 heavy (non-hydrogen) atoms. The van der Waals surface area contributed by atoms with Gasteiger partial charge in [-0.15, -0.1) is 0 Å². The van der Waals surface area contributed by atoms with Crippen molar-refractivity contribution in [2.45, 2.75) is 51.6 Å². The number of hydrogen-bond acceptors (Lipinski definition) is 8. The zero-order valence-electron chi connectivity index (χ0n) is 18.8. The van der Waals surface area contributed by atoms with Gasteiger partial charge < -0.3 is 25.2 Å². The Bertz CT molecular complexity index is 1080. The number of aryl methyl sites for hydroxylation is 1. The van der Waals surface area contributed by atoms with Gasteiger partial charge in [-0.2, -0.15) is 9.61 Å². The number of rotatable bonds is 10. The second-order valence-electron chi connectivity index (χ2n) is 8.15. The number of pyridine rings is 1. The lowest BCUT2D eigenvalue weighted by atomic mass is 9.99. The monoisotopic (exact) mass is 454 g/mol. The summed E-state index contributed by atoms with van der Waals surface area (Å²) in [6.07, 6.45) is 8.41. The van der Waals surface area contributed by atoms with E-state index in [1.54, 1.807) is 12.3 Å². The zero-order chi connectivity index (χ0) is 23.2. The molecular weight excluding hydrogens is 424 g/mol. The Labute approximate surface area is 192 Å². The molecule has 176 valence electrons. The van der Waals surface area contributed by atoms with E-state index in [4.69, 9.17) is 14.8 Å². The van der Waals surface area contributed by atoms with Crippen LogP contribution >= 0.6 is 0 Å². The summed E-state index contributed by atoms with van der Waals surface area (Å²) in [5.74, 6) is 0.957. The van der Waals surface area contributed by atoms with Crippen LogP contribution in [0.2, 0.25) is 0 Å². The van der Waals surface area contributed by atoms with E-state index in [0.717, 1.165) is 60.6 Å². The Morgan fingerprint density at radius 1 is 1.30 bits per heavy atom. The molecule has 4 heterocycles. The average Bonchev–Trinajstić information content (AvgIpc) is 3.25. The zero-order valence-corrected chi connectivity index (χ0v) is 18.8. The Hall–Kier alpha value is -3.40. The number of fused-ring (bicyclic) bond motifs is 1. The molecule has 1 saturated heterocycles. The van der Waals surface area contributed by atoms with E-state index in [1.807, 2.05) is 22.8 Å². The number of aliphatic hydroxyl groups is 1. The Balaban J connectivity index is 1.57. The second kappa shape index (κ2) is 10.5. The summed E-state index contributed by atoms with van der Waals surface area (Å²) in [5.41, 5.74) is 2.83. The van der Waals surface area contributed by atoms with Crippen LogP contribution in [0.25, 0.3) is 5.65 Å². The molecule has 0 spiro atoms. The van der Waals surface area contributed by atoms with Gasteiger partial charge in [0.1, 0.15) is 11.6 Å². The molecule has 0 radical (unpaired) electrons. The van der Waals surface area contributed by atoms with Crippen molar-refractivity contribution in [3.63, 3.8) is 0 Å². The van der Waals surface area contributed by atoms with Gasteiger partial charge in [0.25, 0.3) is 0 Å². The first kappa shape index (κ1) is 22.8. The molecule has 3 aromatic heterocycles. The number of aliphatic hydroxyl groups excluding tert-OH is 1. The van der Waals surface area contributed by atoms with Crippen LogP contribution in [0.5, 0.6) is 5.88 Å². The molecule has 0 bridgehead atoms. The minimum atomic E-state index is -1.04. The number of piperidine rings is 1. The fourth-order valence-corrected chi connectivity index (χ4v) is 4.20. The number of nitrogens with one attached hydrogen (secondary N) is 1. The molecule has 0 aromatic carbocycles. The number of nitrogens with zero attached hydrogens (tertiary/aromatic N) is 5. The van der Waals surface area contributed by atoms with Crippen molar-refractivity contribution in [3.05, 3.63) is 41.7 Å². The Kier molecular flexibility index (Phi) is 7.23. The molecular formula is C23H30N6O4.